The Hall–Kier alpha value is -2.54. The first-order chi connectivity index (χ1) is 35.0. The SMILES string of the molecule is CCCCCC/C=C\C/C=C\CCCCCCCCCC(=O)OCC(COC1OC(COC2OC(CO)C(O)C(O)C2O)C(O)C(O)C1O)OC(=O)CCCCCCCCC/C=C\C/C=C\CCCCCC. The van der Waals surface area contributed by atoms with Gasteiger partial charge in [0.05, 0.1) is 19.8 Å². The van der Waals surface area contributed by atoms with Crippen LogP contribution in [0.15, 0.2) is 48.6 Å². The van der Waals surface area contributed by atoms with Gasteiger partial charge in [-0.05, 0) is 77.0 Å². The van der Waals surface area contributed by atoms with Gasteiger partial charge in [0.1, 0.15) is 55.4 Å². The molecule has 0 aromatic carbocycles. The maximum atomic E-state index is 13.1. The van der Waals surface area contributed by atoms with Gasteiger partial charge >= 0.3 is 11.9 Å². The van der Waals surface area contributed by atoms with Gasteiger partial charge in [0.15, 0.2) is 18.7 Å². The van der Waals surface area contributed by atoms with Crippen LogP contribution in [0.4, 0.5) is 0 Å². The number of ether oxygens (including phenoxy) is 6. The molecule has 0 aromatic rings. The zero-order chi connectivity index (χ0) is 52.4. The van der Waals surface area contributed by atoms with Crippen LogP contribution in [-0.2, 0) is 38.0 Å². The van der Waals surface area contributed by atoms with Gasteiger partial charge in [0.25, 0.3) is 0 Å². The van der Waals surface area contributed by atoms with Crippen LogP contribution in [-0.4, -0.2) is 142 Å². The first kappa shape index (κ1) is 65.6. The Labute approximate surface area is 433 Å². The highest BCUT2D eigenvalue weighted by Crippen LogP contribution is 2.26. The lowest BCUT2D eigenvalue weighted by Crippen LogP contribution is -2.61. The van der Waals surface area contributed by atoms with Crippen LogP contribution in [0.2, 0.25) is 0 Å². The summed E-state index contributed by atoms with van der Waals surface area (Å²) < 4.78 is 33.7. The predicted octanol–water partition coefficient (Wildman–Crippen LogP) is 9.05. The van der Waals surface area contributed by atoms with E-state index in [4.69, 9.17) is 28.4 Å². The number of hydrogen-bond donors (Lipinski definition) is 7. The fourth-order valence-corrected chi connectivity index (χ4v) is 8.63. The molecular weight excluding hydrogens is 925 g/mol. The van der Waals surface area contributed by atoms with E-state index in [2.05, 4.69) is 62.5 Å². The van der Waals surface area contributed by atoms with E-state index in [1.807, 2.05) is 0 Å². The number of hydrogen-bond acceptors (Lipinski definition) is 15. The van der Waals surface area contributed by atoms with Gasteiger partial charge < -0.3 is 64.2 Å². The molecule has 0 spiro atoms. The summed E-state index contributed by atoms with van der Waals surface area (Å²) in [5, 5.41) is 72.2. The Morgan fingerprint density at radius 1 is 0.444 bits per heavy atom. The highest BCUT2D eigenvalue weighted by atomic mass is 16.7. The smallest absolute Gasteiger partial charge is 0.306 e. The van der Waals surface area contributed by atoms with Crippen molar-refractivity contribution < 1.29 is 73.8 Å². The summed E-state index contributed by atoms with van der Waals surface area (Å²) in [6.45, 7) is 2.56. The molecule has 11 atom stereocenters. The third kappa shape index (κ3) is 30.7. The number of aliphatic hydroxyl groups is 7. The lowest BCUT2D eigenvalue weighted by Gasteiger charge is -2.42. The maximum Gasteiger partial charge on any atom is 0.306 e. The van der Waals surface area contributed by atoms with Crippen LogP contribution in [0.3, 0.4) is 0 Å². The lowest BCUT2D eigenvalue weighted by molar-refractivity contribution is -0.332. The standard InChI is InChI=1S/C57H100O15/c1-3-5-7-9-11-13-15-17-19-21-23-25-27-29-31-33-35-37-39-48(59)67-42-45(70-49(60)40-38-36-34-32-30-28-26-24-22-20-18-16-14-12-10-8-6-4-2)43-68-56-55(66)53(64)51(62)47(72-56)44-69-57-54(65)52(63)50(61)46(41-58)71-57/h13-16,19-22,45-47,50-58,61-66H,3-12,17-18,23-44H2,1-2H3/b15-13-,16-14-,21-19-,22-20-. The topological polar surface area (TPSA) is 231 Å². The van der Waals surface area contributed by atoms with E-state index < -0.39 is 92.7 Å². The molecule has 2 saturated heterocycles. The van der Waals surface area contributed by atoms with Gasteiger partial charge in [-0.15, -0.1) is 0 Å². The van der Waals surface area contributed by atoms with Gasteiger partial charge in [0, 0.05) is 12.8 Å². The molecule has 2 aliphatic rings. The van der Waals surface area contributed by atoms with Gasteiger partial charge in [-0.25, -0.2) is 0 Å². The Morgan fingerprint density at radius 3 is 1.29 bits per heavy atom. The molecule has 7 N–H and O–H groups in total. The summed E-state index contributed by atoms with van der Waals surface area (Å²) in [6.07, 6.45) is 32.6. The first-order valence-electron chi connectivity index (χ1n) is 28.2. The van der Waals surface area contributed by atoms with Crippen molar-refractivity contribution in [2.75, 3.05) is 26.4 Å². The second-order valence-corrected chi connectivity index (χ2v) is 19.8. The molecule has 15 heteroatoms. The van der Waals surface area contributed by atoms with Crippen LogP contribution in [0.1, 0.15) is 206 Å². The Morgan fingerprint density at radius 2 is 0.833 bits per heavy atom. The second kappa shape index (κ2) is 43.7. The molecule has 2 rings (SSSR count). The number of aliphatic hydroxyl groups excluding tert-OH is 7. The van der Waals surface area contributed by atoms with Crippen molar-refractivity contribution in [1.82, 2.24) is 0 Å². The number of rotatable bonds is 44. The number of carbonyl (C=O) groups excluding carboxylic acids is 2. The van der Waals surface area contributed by atoms with E-state index in [9.17, 15) is 45.3 Å². The minimum Gasteiger partial charge on any atom is -0.462 e. The van der Waals surface area contributed by atoms with Crippen LogP contribution in [0, 0.1) is 0 Å². The monoisotopic (exact) mass is 1020 g/mol. The zero-order valence-electron chi connectivity index (χ0n) is 44.4. The largest absolute Gasteiger partial charge is 0.462 e. The quantitative estimate of drug-likeness (QED) is 0.0171. The van der Waals surface area contributed by atoms with Gasteiger partial charge in [-0.3, -0.25) is 9.59 Å². The Balaban J connectivity index is 1.78. The maximum absolute atomic E-state index is 13.1. The van der Waals surface area contributed by atoms with E-state index in [-0.39, 0.29) is 26.1 Å². The molecule has 15 nitrogen and oxygen atoms in total. The molecule has 2 aliphatic heterocycles. The number of unbranched alkanes of at least 4 members (excludes halogenated alkanes) is 22. The fourth-order valence-electron chi connectivity index (χ4n) is 8.63. The normalized spacial score (nSPS) is 25.3. The van der Waals surface area contributed by atoms with Crippen molar-refractivity contribution >= 4 is 11.9 Å². The van der Waals surface area contributed by atoms with Crippen LogP contribution in [0.25, 0.3) is 0 Å². The predicted molar refractivity (Wildman–Crippen MR) is 280 cm³/mol. The second-order valence-electron chi connectivity index (χ2n) is 19.8. The van der Waals surface area contributed by atoms with Crippen LogP contribution in [0.5, 0.6) is 0 Å². The first-order valence-corrected chi connectivity index (χ1v) is 28.2. The van der Waals surface area contributed by atoms with E-state index in [1.165, 1.54) is 77.0 Å². The molecule has 11 unspecified atom stereocenters. The third-order valence-electron chi connectivity index (χ3n) is 13.3. The molecule has 0 radical (unpaired) electrons. The zero-order valence-corrected chi connectivity index (χ0v) is 44.4. The van der Waals surface area contributed by atoms with E-state index >= 15 is 0 Å². The van der Waals surface area contributed by atoms with Crippen LogP contribution < -0.4 is 0 Å². The van der Waals surface area contributed by atoms with Crippen molar-refractivity contribution in [2.45, 2.75) is 274 Å². The van der Waals surface area contributed by atoms with Crippen molar-refractivity contribution in [2.24, 2.45) is 0 Å². The molecule has 2 fully saturated rings. The summed E-state index contributed by atoms with van der Waals surface area (Å²) in [5.41, 5.74) is 0. The third-order valence-corrected chi connectivity index (χ3v) is 13.3. The van der Waals surface area contributed by atoms with Gasteiger partial charge in [0.2, 0.25) is 0 Å². The van der Waals surface area contributed by atoms with E-state index in [0.717, 1.165) is 89.9 Å². The van der Waals surface area contributed by atoms with E-state index in [1.54, 1.807) is 0 Å². The molecule has 72 heavy (non-hydrogen) atoms. The van der Waals surface area contributed by atoms with Crippen molar-refractivity contribution in [3.8, 4) is 0 Å². The van der Waals surface area contributed by atoms with Crippen molar-refractivity contribution in [3.05, 3.63) is 48.6 Å². The van der Waals surface area contributed by atoms with Crippen LogP contribution >= 0.6 is 0 Å². The molecule has 418 valence electrons. The Kier molecular flexibility index (Phi) is 39.8. The molecular formula is C57H100O15. The average molecular weight is 1030 g/mol. The minimum absolute atomic E-state index is 0.154. The van der Waals surface area contributed by atoms with Gasteiger partial charge in [-0.2, -0.15) is 0 Å². The number of esters is 2. The van der Waals surface area contributed by atoms with Crippen molar-refractivity contribution in [1.29, 1.82) is 0 Å². The molecule has 0 aliphatic carbocycles. The number of allylic oxidation sites excluding steroid dienone is 8. The summed E-state index contributed by atoms with van der Waals surface area (Å²) in [4.78, 5) is 25.9. The Bertz CT molecular complexity index is 1440. The highest BCUT2D eigenvalue weighted by molar-refractivity contribution is 5.70. The summed E-state index contributed by atoms with van der Waals surface area (Å²) in [6, 6.07) is 0. The summed E-state index contributed by atoms with van der Waals surface area (Å²) in [5.74, 6) is -0.940. The minimum atomic E-state index is -1.77. The molecule has 0 aromatic heterocycles. The molecule has 0 saturated carbocycles. The summed E-state index contributed by atoms with van der Waals surface area (Å²) >= 11 is 0. The molecule has 0 bridgehead atoms. The summed E-state index contributed by atoms with van der Waals surface area (Å²) in [7, 11) is 0. The average Bonchev–Trinajstić information content (AvgIpc) is 3.37. The number of carbonyl (C=O) groups is 2. The van der Waals surface area contributed by atoms with E-state index in [0.29, 0.717) is 12.8 Å². The molecule has 2 heterocycles. The molecule has 0 amide bonds. The van der Waals surface area contributed by atoms with Gasteiger partial charge in [-0.1, -0.05) is 165 Å². The lowest BCUT2D eigenvalue weighted by atomic mass is 9.98. The van der Waals surface area contributed by atoms with Crippen molar-refractivity contribution in [3.63, 3.8) is 0 Å². The fraction of sp³-hybridized carbons (Fsp3) is 0.825. The highest BCUT2D eigenvalue weighted by Gasteiger charge is 2.47.